The van der Waals surface area contributed by atoms with Crippen LogP contribution in [0, 0.1) is 23.7 Å². The van der Waals surface area contributed by atoms with Crippen LogP contribution in [0.15, 0.2) is 60.7 Å². The maximum absolute atomic E-state index is 15.0. The molecule has 0 bridgehead atoms. The second-order valence-corrected chi connectivity index (χ2v) is 27.6. The number of hydrogen-bond acceptors (Lipinski definition) is 14. The molecule has 13 amide bonds. The molecule has 5 rings (SSSR count). The first-order chi connectivity index (χ1) is 45.7. The zero-order chi connectivity index (χ0) is 72.1. The molecule has 536 valence electrons. The molecular weight excluding hydrogens is 1250 g/mol. The standard InChI is InChI=1S/C70H107N13O14/c1-15-43(8)59-65(92)76-52(68(95)82-31-23-18-24-32-82)38-55(85)71-44(9)60(87)78-58(46(11)84)70(97)80(13)54(37-48-28-21-17-22-29-48)63(90)74-50(35-41(4)5)69(96)83-33-25-30-53(83)62(89)77-57(42(6)7)64(91)75-51(36-47-26-19-16-20-27-47)67(94)79(12)39-56(86)73-49(34-40(2)3)61(88)72-45(10)66(93)81(59)14/h16-17,19-22,26-29,40-46,49-54,57-59,84H,15,18,23-25,30-39H2,1-14H3,(H,71,85)(H,72,88)(H,73,86)(H,74,90)(H,75,91)(H,76,92)(H,77,89)(H,78,87)/t43-,44-,45-,46+,49-,50-,51-,52-,53-,54-,57-,58-,59-/m0/s1. The van der Waals surface area contributed by atoms with Gasteiger partial charge in [0, 0.05) is 53.6 Å². The summed E-state index contributed by atoms with van der Waals surface area (Å²) in [5, 5.41) is 33.0. The third-order valence-electron chi connectivity index (χ3n) is 18.2. The zero-order valence-electron chi connectivity index (χ0n) is 59.1. The highest BCUT2D eigenvalue weighted by Gasteiger charge is 2.44. The van der Waals surface area contributed by atoms with Crippen molar-refractivity contribution in [3.05, 3.63) is 71.8 Å². The molecule has 3 heterocycles. The number of aliphatic hydroxyl groups is 1. The highest BCUT2D eigenvalue weighted by atomic mass is 16.3. The van der Waals surface area contributed by atoms with Crippen molar-refractivity contribution in [2.45, 2.75) is 219 Å². The van der Waals surface area contributed by atoms with Crippen LogP contribution in [0.3, 0.4) is 0 Å². The van der Waals surface area contributed by atoms with Gasteiger partial charge in [0.25, 0.3) is 0 Å². The first-order valence-corrected chi connectivity index (χ1v) is 34.3. The minimum absolute atomic E-state index is 0.0378. The Labute approximate surface area is 571 Å². The molecule has 0 spiro atoms. The van der Waals surface area contributed by atoms with Gasteiger partial charge in [0.15, 0.2) is 0 Å². The van der Waals surface area contributed by atoms with Gasteiger partial charge in [-0.2, -0.15) is 0 Å². The van der Waals surface area contributed by atoms with Crippen LogP contribution < -0.4 is 42.5 Å². The van der Waals surface area contributed by atoms with E-state index < -0.39 is 174 Å². The van der Waals surface area contributed by atoms with Crippen molar-refractivity contribution >= 4 is 76.8 Å². The number of carbonyl (C=O) groups is 13. The summed E-state index contributed by atoms with van der Waals surface area (Å²) in [6, 6.07) is 2.83. The van der Waals surface area contributed by atoms with Crippen LogP contribution in [0.4, 0.5) is 0 Å². The number of benzene rings is 2. The predicted molar refractivity (Wildman–Crippen MR) is 363 cm³/mol. The summed E-state index contributed by atoms with van der Waals surface area (Å²) in [6.45, 7) is 18.4. The van der Waals surface area contributed by atoms with Crippen molar-refractivity contribution in [1.82, 2.24) is 67.0 Å². The fraction of sp³-hybridized carbons (Fsp3) is 0.643. The molecule has 0 unspecified atom stereocenters. The number of aliphatic hydroxyl groups excluding tert-OH is 1. The average Bonchev–Trinajstić information content (AvgIpc) is 1.81. The lowest BCUT2D eigenvalue weighted by Crippen LogP contribution is -2.62. The number of rotatable bonds is 13. The van der Waals surface area contributed by atoms with Crippen LogP contribution in [-0.2, 0) is 75.2 Å². The van der Waals surface area contributed by atoms with E-state index in [0.29, 0.717) is 49.9 Å². The number of likely N-dealkylation sites (tertiary alicyclic amines) is 1. The van der Waals surface area contributed by atoms with E-state index in [4.69, 9.17) is 0 Å². The van der Waals surface area contributed by atoms with Gasteiger partial charge in [-0.15, -0.1) is 0 Å². The Kier molecular flexibility index (Phi) is 30.5. The summed E-state index contributed by atoms with van der Waals surface area (Å²) < 4.78 is 0. The van der Waals surface area contributed by atoms with Crippen molar-refractivity contribution in [3.63, 3.8) is 0 Å². The van der Waals surface area contributed by atoms with Crippen LogP contribution >= 0.6 is 0 Å². The van der Waals surface area contributed by atoms with E-state index in [-0.39, 0.29) is 50.5 Å². The molecule has 97 heavy (non-hydrogen) atoms. The molecular formula is C70H107N13O14. The van der Waals surface area contributed by atoms with Gasteiger partial charge in [-0.3, -0.25) is 62.3 Å². The lowest BCUT2D eigenvalue weighted by Gasteiger charge is -2.36. The number of nitrogens with zero attached hydrogens (tertiary/aromatic N) is 5. The van der Waals surface area contributed by atoms with Gasteiger partial charge in [0.05, 0.1) is 19.1 Å². The van der Waals surface area contributed by atoms with Crippen molar-refractivity contribution in [1.29, 1.82) is 0 Å². The number of amides is 13. The Morgan fingerprint density at radius 2 is 1.08 bits per heavy atom. The van der Waals surface area contributed by atoms with Crippen LogP contribution in [-0.4, -0.2) is 226 Å². The molecule has 0 saturated carbocycles. The number of hydrogen-bond donors (Lipinski definition) is 9. The molecule has 13 atom stereocenters. The molecule has 3 aliphatic heterocycles. The number of fused-ring (bicyclic) bond motifs is 1. The van der Waals surface area contributed by atoms with Gasteiger partial charge in [0.1, 0.15) is 66.5 Å². The molecule has 3 saturated heterocycles. The molecule has 3 aliphatic rings. The minimum Gasteiger partial charge on any atom is -0.391 e. The highest BCUT2D eigenvalue weighted by Crippen LogP contribution is 2.24. The van der Waals surface area contributed by atoms with Crippen LogP contribution in [0.1, 0.15) is 145 Å². The lowest BCUT2D eigenvalue weighted by molar-refractivity contribution is -0.146. The van der Waals surface area contributed by atoms with E-state index in [2.05, 4.69) is 42.5 Å². The van der Waals surface area contributed by atoms with E-state index in [1.807, 2.05) is 27.7 Å². The van der Waals surface area contributed by atoms with Crippen LogP contribution in [0.25, 0.3) is 0 Å². The highest BCUT2D eigenvalue weighted by molar-refractivity contribution is 6.00. The second kappa shape index (κ2) is 37.3. The maximum Gasteiger partial charge on any atom is 0.248 e. The summed E-state index contributed by atoms with van der Waals surface area (Å²) in [4.78, 5) is 195. The molecule has 2 aromatic rings. The topological polar surface area (TPSA) is 355 Å². The van der Waals surface area contributed by atoms with Crippen molar-refractivity contribution < 1.29 is 67.4 Å². The Morgan fingerprint density at radius 1 is 0.515 bits per heavy atom. The van der Waals surface area contributed by atoms with E-state index in [1.165, 1.54) is 51.7 Å². The number of carbonyl (C=O) groups excluding carboxylic acids is 13. The van der Waals surface area contributed by atoms with E-state index in [9.17, 15) is 67.4 Å². The summed E-state index contributed by atoms with van der Waals surface area (Å²) in [5.41, 5.74) is 1.26. The minimum atomic E-state index is -1.71. The van der Waals surface area contributed by atoms with Crippen molar-refractivity contribution in [2.75, 3.05) is 47.3 Å². The summed E-state index contributed by atoms with van der Waals surface area (Å²) in [7, 11) is 4.05. The average molecular weight is 1350 g/mol. The van der Waals surface area contributed by atoms with Gasteiger partial charge in [-0.05, 0) is 101 Å². The fourth-order valence-corrected chi connectivity index (χ4v) is 12.5. The number of likely N-dealkylation sites (N-methyl/N-ethyl adjacent to an activating group) is 3. The van der Waals surface area contributed by atoms with Crippen LogP contribution in [0.2, 0.25) is 0 Å². The SMILES string of the molecule is CC[C@H](C)[C@H]1C(=O)N[C@H](C(=O)N2CCCCC2)CC(=O)N[C@@H](C)C(=O)N[C@@H]([C@@H](C)O)C(=O)N(C)[C@@H](Cc2ccccc2)C(=O)N[C@@H](CC(C)C)C(=O)N2CCC[C@H]2C(=O)N[C@@H](C(C)C)C(=O)N[C@@H](Cc2ccccc2)C(=O)N(C)CC(=O)N[C@@H](CC(C)C)C(=O)N[C@@H](C)C(=O)N1C. The third kappa shape index (κ3) is 22.8. The summed E-state index contributed by atoms with van der Waals surface area (Å²) in [5.74, 6) is -11.3. The Bertz CT molecular complexity index is 3070. The van der Waals surface area contributed by atoms with Gasteiger partial charge < -0.3 is 72.1 Å². The number of piperidine rings is 1. The van der Waals surface area contributed by atoms with Crippen LogP contribution in [0.5, 0.6) is 0 Å². The van der Waals surface area contributed by atoms with E-state index >= 15 is 0 Å². The predicted octanol–water partition coefficient (Wildman–Crippen LogP) is 1.08. The first kappa shape index (κ1) is 79.2. The molecule has 0 aromatic heterocycles. The summed E-state index contributed by atoms with van der Waals surface area (Å²) in [6.07, 6.45) is 0.904. The molecule has 0 radical (unpaired) electrons. The fourth-order valence-electron chi connectivity index (χ4n) is 12.5. The Morgan fingerprint density at radius 3 is 1.65 bits per heavy atom. The molecule has 27 nitrogen and oxygen atoms in total. The smallest absolute Gasteiger partial charge is 0.248 e. The first-order valence-electron chi connectivity index (χ1n) is 34.3. The Balaban J connectivity index is 1.57. The molecule has 27 heteroatoms. The van der Waals surface area contributed by atoms with Gasteiger partial charge in [-0.25, -0.2) is 0 Å². The van der Waals surface area contributed by atoms with Gasteiger partial charge in [-0.1, -0.05) is 122 Å². The maximum atomic E-state index is 15.0. The molecule has 9 N–H and O–H groups in total. The quantitative estimate of drug-likeness (QED) is 0.136. The normalized spacial score (nSPS) is 27.0. The van der Waals surface area contributed by atoms with Gasteiger partial charge >= 0.3 is 0 Å². The molecule has 2 aromatic carbocycles. The largest absolute Gasteiger partial charge is 0.391 e. The van der Waals surface area contributed by atoms with Crippen molar-refractivity contribution in [3.8, 4) is 0 Å². The van der Waals surface area contributed by atoms with Crippen molar-refractivity contribution in [2.24, 2.45) is 23.7 Å². The lowest BCUT2D eigenvalue weighted by atomic mass is 9.95. The van der Waals surface area contributed by atoms with Gasteiger partial charge in [0.2, 0.25) is 76.8 Å². The molecule has 3 fully saturated rings. The molecule has 0 aliphatic carbocycles. The van der Waals surface area contributed by atoms with E-state index in [0.717, 1.165) is 21.1 Å². The summed E-state index contributed by atoms with van der Waals surface area (Å²) >= 11 is 0. The third-order valence-corrected chi connectivity index (χ3v) is 18.2. The number of nitrogens with one attached hydrogen (secondary N) is 8. The second-order valence-electron chi connectivity index (χ2n) is 27.6. The Hall–Kier alpha value is -8.49. The van der Waals surface area contributed by atoms with E-state index in [1.54, 1.807) is 88.4 Å². The monoisotopic (exact) mass is 1350 g/mol. The zero-order valence-corrected chi connectivity index (χ0v) is 59.1.